The fourth-order valence-electron chi connectivity index (χ4n) is 3.84. The van der Waals surface area contributed by atoms with Crippen LogP contribution in [0.5, 0.6) is 0 Å². The number of nitrogens with zero attached hydrogens (tertiary/aromatic N) is 4. The average molecular weight is 483 g/mol. The zero-order chi connectivity index (χ0) is 24.2. The number of benzene rings is 3. The number of nitrogens with one attached hydrogen (secondary N) is 2. The van der Waals surface area contributed by atoms with Crippen LogP contribution in [0, 0.1) is 0 Å². The van der Waals surface area contributed by atoms with Gasteiger partial charge in [-0.25, -0.2) is 4.98 Å². The summed E-state index contributed by atoms with van der Waals surface area (Å²) in [6.07, 6.45) is 0. The van der Waals surface area contributed by atoms with E-state index in [2.05, 4.69) is 43.6 Å². The van der Waals surface area contributed by atoms with Crippen molar-refractivity contribution < 1.29 is 9.59 Å². The van der Waals surface area contributed by atoms with Crippen molar-refractivity contribution in [3.05, 3.63) is 84.4 Å². The molecule has 5 rings (SSSR count). The molecule has 35 heavy (non-hydrogen) atoms. The molecule has 0 aliphatic heterocycles. The van der Waals surface area contributed by atoms with Gasteiger partial charge in [0.25, 0.3) is 0 Å². The van der Waals surface area contributed by atoms with Crippen molar-refractivity contribution in [2.24, 2.45) is 0 Å². The summed E-state index contributed by atoms with van der Waals surface area (Å²) in [6.45, 7) is 2.10. The van der Waals surface area contributed by atoms with Gasteiger partial charge in [0.05, 0.1) is 11.3 Å². The van der Waals surface area contributed by atoms with Gasteiger partial charge in [-0.15, -0.1) is 10.2 Å². The molecule has 0 atom stereocenters. The lowest BCUT2D eigenvalue weighted by atomic mass is 10.2. The van der Waals surface area contributed by atoms with E-state index in [1.165, 1.54) is 18.7 Å². The summed E-state index contributed by atoms with van der Waals surface area (Å²) in [4.78, 5) is 28.4. The number of hydrogen-bond donors (Lipinski definition) is 2. The molecule has 2 amide bonds. The highest BCUT2D eigenvalue weighted by atomic mass is 32.2. The van der Waals surface area contributed by atoms with Crippen molar-refractivity contribution in [3.63, 3.8) is 0 Å². The molecule has 0 unspecified atom stereocenters. The van der Waals surface area contributed by atoms with Crippen LogP contribution >= 0.6 is 11.8 Å². The van der Waals surface area contributed by atoms with Crippen molar-refractivity contribution in [1.82, 2.24) is 19.7 Å². The van der Waals surface area contributed by atoms with Gasteiger partial charge in [0.15, 0.2) is 5.65 Å². The first-order chi connectivity index (χ1) is 17.1. The molecule has 5 aromatic rings. The summed E-state index contributed by atoms with van der Waals surface area (Å²) in [5.41, 5.74) is 4.99. The van der Waals surface area contributed by atoms with Gasteiger partial charge in [0.2, 0.25) is 17.0 Å². The summed E-state index contributed by atoms with van der Waals surface area (Å²) in [5, 5.41) is 15.7. The van der Waals surface area contributed by atoms with Gasteiger partial charge in [-0.2, -0.15) is 0 Å². The van der Waals surface area contributed by atoms with Gasteiger partial charge in [-0.3, -0.25) is 9.59 Å². The first-order valence-corrected chi connectivity index (χ1v) is 12.0. The molecule has 2 N–H and O–H groups in total. The van der Waals surface area contributed by atoms with Gasteiger partial charge < -0.3 is 15.2 Å². The van der Waals surface area contributed by atoms with Crippen LogP contribution in [-0.4, -0.2) is 37.3 Å². The molecule has 0 fully saturated rings. The molecule has 8 nitrogen and oxygen atoms in total. The molecule has 174 valence electrons. The molecule has 0 saturated heterocycles. The normalized spacial score (nSPS) is 11.0. The van der Waals surface area contributed by atoms with Crippen molar-refractivity contribution in [2.75, 3.05) is 16.4 Å². The van der Waals surface area contributed by atoms with E-state index in [1.54, 1.807) is 24.3 Å². The van der Waals surface area contributed by atoms with E-state index in [0.29, 0.717) is 23.1 Å². The molecule has 2 heterocycles. The lowest BCUT2D eigenvalue weighted by Crippen LogP contribution is -2.14. The van der Waals surface area contributed by atoms with E-state index in [4.69, 9.17) is 4.98 Å². The number of rotatable bonds is 7. The maximum atomic E-state index is 12.5. The fraction of sp³-hybridized carbons (Fsp3) is 0.115. The van der Waals surface area contributed by atoms with Crippen LogP contribution in [0.1, 0.15) is 12.5 Å². The second-order valence-corrected chi connectivity index (χ2v) is 8.89. The van der Waals surface area contributed by atoms with Gasteiger partial charge >= 0.3 is 0 Å². The molecule has 0 aliphatic rings. The van der Waals surface area contributed by atoms with Crippen LogP contribution in [0.15, 0.2) is 84.0 Å². The highest BCUT2D eigenvalue weighted by Gasteiger charge is 2.16. The minimum absolute atomic E-state index is 0.138. The Morgan fingerprint density at radius 2 is 1.54 bits per heavy atom. The van der Waals surface area contributed by atoms with Gasteiger partial charge in [-0.05, 0) is 35.9 Å². The summed E-state index contributed by atoms with van der Waals surface area (Å²) in [7, 11) is 0. The lowest BCUT2D eigenvalue weighted by Gasteiger charge is -2.08. The minimum Gasteiger partial charge on any atom is -0.326 e. The fourth-order valence-corrected chi connectivity index (χ4v) is 4.43. The predicted molar refractivity (Wildman–Crippen MR) is 138 cm³/mol. The standard InChI is InChI=1S/C26H22N6O2S/c1-17(33)27-19-11-13-20(14-12-19)28-23(34)16-35-26-29-25-24(30-31-26)21-9-5-6-10-22(21)32(25)15-18-7-3-2-4-8-18/h2-14H,15-16H2,1H3,(H,27,33)(H,28,34). The van der Waals surface area contributed by atoms with Crippen LogP contribution < -0.4 is 10.6 Å². The van der Waals surface area contributed by atoms with Crippen LogP contribution in [0.3, 0.4) is 0 Å². The first-order valence-electron chi connectivity index (χ1n) is 11.0. The second-order valence-electron chi connectivity index (χ2n) is 7.95. The van der Waals surface area contributed by atoms with E-state index in [-0.39, 0.29) is 17.6 Å². The zero-order valence-electron chi connectivity index (χ0n) is 18.9. The monoisotopic (exact) mass is 482 g/mol. The van der Waals surface area contributed by atoms with E-state index in [1.807, 2.05) is 36.4 Å². The Morgan fingerprint density at radius 3 is 2.29 bits per heavy atom. The minimum atomic E-state index is -0.184. The maximum Gasteiger partial charge on any atom is 0.234 e. The summed E-state index contributed by atoms with van der Waals surface area (Å²) in [5.74, 6) is -0.193. The average Bonchev–Trinajstić information content (AvgIpc) is 3.17. The van der Waals surface area contributed by atoms with Crippen LogP contribution in [0.25, 0.3) is 22.1 Å². The third-order valence-electron chi connectivity index (χ3n) is 5.36. The Hall–Kier alpha value is -4.24. The zero-order valence-corrected chi connectivity index (χ0v) is 19.7. The topological polar surface area (TPSA) is 102 Å². The third kappa shape index (κ3) is 5.15. The highest BCUT2D eigenvalue weighted by Crippen LogP contribution is 2.28. The highest BCUT2D eigenvalue weighted by molar-refractivity contribution is 7.99. The molecule has 0 saturated carbocycles. The molecule has 0 spiro atoms. The van der Waals surface area contributed by atoms with E-state index in [0.717, 1.165) is 27.6 Å². The maximum absolute atomic E-state index is 12.5. The van der Waals surface area contributed by atoms with Crippen molar-refractivity contribution in [2.45, 2.75) is 18.6 Å². The van der Waals surface area contributed by atoms with Gasteiger partial charge in [-0.1, -0.05) is 60.3 Å². The third-order valence-corrected chi connectivity index (χ3v) is 6.20. The first kappa shape index (κ1) is 22.5. The number of amides is 2. The van der Waals surface area contributed by atoms with E-state index < -0.39 is 0 Å². The Morgan fingerprint density at radius 1 is 0.857 bits per heavy atom. The van der Waals surface area contributed by atoms with E-state index >= 15 is 0 Å². The largest absolute Gasteiger partial charge is 0.326 e. The Balaban J connectivity index is 1.33. The molecular weight excluding hydrogens is 460 g/mol. The number of aromatic nitrogens is 4. The molecule has 0 aliphatic carbocycles. The van der Waals surface area contributed by atoms with Crippen LogP contribution in [0.4, 0.5) is 11.4 Å². The molecule has 9 heteroatoms. The molecule has 0 radical (unpaired) electrons. The molecule has 3 aromatic carbocycles. The number of anilines is 2. The van der Waals surface area contributed by atoms with Crippen molar-refractivity contribution in [3.8, 4) is 0 Å². The number of para-hydroxylation sites is 1. The van der Waals surface area contributed by atoms with Crippen molar-refractivity contribution in [1.29, 1.82) is 0 Å². The van der Waals surface area contributed by atoms with Crippen LogP contribution in [-0.2, 0) is 16.1 Å². The number of carbonyl (C=O) groups excluding carboxylic acids is 2. The lowest BCUT2D eigenvalue weighted by molar-refractivity contribution is -0.114. The van der Waals surface area contributed by atoms with E-state index in [9.17, 15) is 9.59 Å². The SMILES string of the molecule is CC(=O)Nc1ccc(NC(=O)CSc2nnc3c4ccccc4n(Cc4ccccc4)c3n2)cc1. The van der Waals surface area contributed by atoms with Gasteiger partial charge in [0, 0.05) is 30.2 Å². The Bertz CT molecular complexity index is 1520. The molecule has 0 bridgehead atoms. The number of hydrogen-bond acceptors (Lipinski definition) is 6. The Kier molecular flexibility index (Phi) is 6.40. The summed E-state index contributed by atoms with van der Waals surface area (Å²) in [6, 6.07) is 25.2. The Labute approximate surface area is 205 Å². The van der Waals surface area contributed by atoms with Crippen LogP contribution in [0.2, 0.25) is 0 Å². The second kappa shape index (κ2) is 9.94. The number of fused-ring (bicyclic) bond motifs is 3. The summed E-state index contributed by atoms with van der Waals surface area (Å²) >= 11 is 1.23. The molecule has 2 aromatic heterocycles. The smallest absolute Gasteiger partial charge is 0.234 e. The van der Waals surface area contributed by atoms with Crippen molar-refractivity contribution >= 4 is 57.0 Å². The number of thioether (sulfide) groups is 1. The number of carbonyl (C=O) groups is 2. The quantitative estimate of drug-likeness (QED) is 0.326. The summed E-state index contributed by atoms with van der Waals surface area (Å²) < 4.78 is 2.13. The predicted octanol–water partition coefficient (Wildman–Crippen LogP) is 4.72. The van der Waals surface area contributed by atoms with Gasteiger partial charge in [0.1, 0.15) is 5.52 Å². The molecular formula is C26H22N6O2S.